The predicted molar refractivity (Wildman–Crippen MR) is 93.0 cm³/mol. The summed E-state index contributed by atoms with van der Waals surface area (Å²) in [5, 5.41) is 3.06. The number of carbonyl (C=O) groups is 1. The maximum atomic E-state index is 12.4. The van der Waals surface area contributed by atoms with Crippen molar-refractivity contribution in [2.24, 2.45) is 0 Å². The van der Waals surface area contributed by atoms with Crippen molar-refractivity contribution in [3.8, 4) is 0 Å². The number of nitrogens with zero attached hydrogens (tertiary/aromatic N) is 1. The Balaban J connectivity index is 1.56. The van der Waals surface area contributed by atoms with Gasteiger partial charge in [0, 0.05) is 19.6 Å². The van der Waals surface area contributed by atoms with E-state index in [2.05, 4.69) is 65.7 Å². The van der Waals surface area contributed by atoms with Gasteiger partial charge in [-0.3, -0.25) is 9.69 Å². The summed E-state index contributed by atoms with van der Waals surface area (Å²) in [6, 6.07) is 16.7. The molecule has 1 aliphatic heterocycles. The molecule has 1 aliphatic rings. The Morgan fingerprint density at radius 1 is 1.13 bits per heavy atom. The Labute approximate surface area is 138 Å². The van der Waals surface area contributed by atoms with Crippen LogP contribution in [0.25, 0.3) is 0 Å². The van der Waals surface area contributed by atoms with Crippen molar-refractivity contribution >= 4 is 5.91 Å². The van der Waals surface area contributed by atoms with Gasteiger partial charge < -0.3 is 5.32 Å². The van der Waals surface area contributed by atoms with Crippen molar-refractivity contribution in [2.75, 3.05) is 6.54 Å². The Bertz CT molecular complexity index is 678. The van der Waals surface area contributed by atoms with Crippen molar-refractivity contribution in [1.82, 2.24) is 10.2 Å². The Hall–Kier alpha value is -2.13. The Kier molecular flexibility index (Phi) is 4.77. The molecule has 1 heterocycles. The van der Waals surface area contributed by atoms with Crippen LogP contribution in [-0.4, -0.2) is 23.4 Å². The second-order valence-electron chi connectivity index (χ2n) is 6.37. The molecule has 0 saturated carbocycles. The topological polar surface area (TPSA) is 32.3 Å². The van der Waals surface area contributed by atoms with Crippen molar-refractivity contribution in [1.29, 1.82) is 0 Å². The van der Waals surface area contributed by atoms with E-state index in [0.29, 0.717) is 6.54 Å². The quantitative estimate of drug-likeness (QED) is 0.941. The SMILES string of the molecule is Cc1ccc(CNC(=O)[C@@H](C)N2CCc3ccccc3C2)cc1. The molecule has 0 bridgehead atoms. The molecule has 3 heteroatoms. The molecule has 1 atom stereocenters. The molecule has 1 N–H and O–H groups in total. The molecule has 2 aromatic carbocycles. The molecule has 23 heavy (non-hydrogen) atoms. The predicted octanol–water partition coefficient (Wildman–Crippen LogP) is 3.06. The molecular weight excluding hydrogens is 284 g/mol. The van der Waals surface area contributed by atoms with E-state index in [1.54, 1.807) is 0 Å². The minimum Gasteiger partial charge on any atom is -0.351 e. The van der Waals surface area contributed by atoms with Crippen LogP contribution >= 0.6 is 0 Å². The number of fused-ring (bicyclic) bond motifs is 1. The fraction of sp³-hybridized carbons (Fsp3) is 0.350. The van der Waals surface area contributed by atoms with Crippen molar-refractivity contribution in [2.45, 2.75) is 39.4 Å². The number of nitrogens with one attached hydrogen (secondary N) is 1. The van der Waals surface area contributed by atoms with Crippen LogP contribution in [0.2, 0.25) is 0 Å². The van der Waals surface area contributed by atoms with Gasteiger partial charge in [0.05, 0.1) is 6.04 Å². The van der Waals surface area contributed by atoms with Crippen LogP contribution in [0.15, 0.2) is 48.5 Å². The zero-order valence-corrected chi connectivity index (χ0v) is 13.9. The normalized spacial score (nSPS) is 15.7. The number of hydrogen-bond acceptors (Lipinski definition) is 2. The van der Waals surface area contributed by atoms with Crippen molar-refractivity contribution in [3.63, 3.8) is 0 Å². The molecule has 0 saturated heterocycles. The highest BCUT2D eigenvalue weighted by Crippen LogP contribution is 2.20. The molecule has 0 spiro atoms. The average Bonchev–Trinajstić information content (AvgIpc) is 2.60. The molecular formula is C20H24N2O. The van der Waals surface area contributed by atoms with E-state index in [-0.39, 0.29) is 11.9 Å². The second-order valence-corrected chi connectivity index (χ2v) is 6.37. The molecule has 0 aliphatic carbocycles. The summed E-state index contributed by atoms with van der Waals surface area (Å²) in [5.74, 6) is 0.102. The molecule has 3 rings (SSSR count). The monoisotopic (exact) mass is 308 g/mol. The van der Waals surface area contributed by atoms with Crippen LogP contribution in [0, 0.1) is 6.92 Å². The van der Waals surface area contributed by atoms with Gasteiger partial charge in [-0.15, -0.1) is 0 Å². The first kappa shape index (κ1) is 15.8. The lowest BCUT2D eigenvalue weighted by molar-refractivity contribution is -0.126. The van der Waals surface area contributed by atoms with E-state index in [1.807, 2.05) is 6.92 Å². The molecule has 120 valence electrons. The van der Waals surface area contributed by atoms with Gasteiger partial charge in [-0.1, -0.05) is 54.1 Å². The van der Waals surface area contributed by atoms with Gasteiger partial charge in [0.15, 0.2) is 0 Å². The summed E-state index contributed by atoms with van der Waals surface area (Å²) in [6.45, 7) is 6.45. The lowest BCUT2D eigenvalue weighted by atomic mass is 9.99. The average molecular weight is 308 g/mol. The van der Waals surface area contributed by atoms with E-state index >= 15 is 0 Å². The molecule has 1 amide bonds. The van der Waals surface area contributed by atoms with Gasteiger partial charge in [-0.25, -0.2) is 0 Å². The van der Waals surface area contributed by atoms with Crippen LogP contribution in [-0.2, 0) is 24.3 Å². The molecule has 0 aromatic heterocycles. The standard InChI is InChI=1S/C20H24N2O/c1-15-7-9-17(10-8-15)13-21-20(23)16(2)22-12-11-18-5-3-4-6-19(18)14-22/h3-10,16H,11-14H2,1-2H3,(H,21,23)/t16-/m1/s1. The third kappa shape index (κ3) is 3.80. The zero-order chi connectivity index (χ0) is 16.2. The highest BCUT2D eigenvalue weighted by Gasteiger charge is 2.24. The summed E-state index contributed by atoms with van der Waals surface area (Å²) >= 11 is 0. The number of benzene rings is 2. The summed E-state index contributed by atoms with van der Waals surface area (Å²) in [6.07, 6.45) is 1.02. The zero-order valence-electron chi connectivity index (χ0n) is 13.9. The first-order valence-corrected chi connectivity index (χ1v) is 8.27. The Morgan fingerprint density at radius 2 is 1.83 bits per heavy atom. The summed E-state index contributed by atoms with van der Waals surface area (Å²) in [5.41, 5.74) is 5.13. The van der Waals surface area contributed by atoms with Gasteiger partial charge in [0.25, 0.3) is 0 Å². The fourth-order valence-corrected chi connectivity index (χ4v) is 3.06. The molecule has 3 nitrogen and oxygen atoms in total. The van der Waals surface area contributed by atoms with Crippen LogP contribution in [0.1, 0.15) is 29.2 Å². The fourth-order valence-electron chi connectivity index (χ4n) is 3.06. The molecule has 0 fully saturated rings. The minimum atomic E-state index is -0.103. The number of rotatable bonds is 4. The highest BCUT2D eigenvalue weighted by atomic mass is 16.2. The highest BCUT2D eigenvalue weighted by molar-refractivity contribution is 5.81. The number of carbonyl (C=O) groups excluding carboxylic acids is 1. The molecule has 0 unspecified atom stereocenters. The smallest absolute Gasteiger partial charge is 0.237 e. The number of hydrogen-bond donors (Lipinski definition) is 1. The first-order chi connectivity index (χ1) is 11.1. The summed E-state index contributed by atoms with van der Waals surface area (Å²) in [4.78, 5) is 14.7. The minimum absolute atomic E-state index is 0.102. The molecule has 2 aromatic rings. The van der Waals surface area contributed by atoms with Gasteiger partial charge in [-0.05, 0) is 37.0 Å². The third-order valence-corrected chi connectivity index (χ3v) is 4.67. The van der Waals surface area contributed by atoms with E-state index in [4.69, 9.17) is 0 Å². The van der Waals surface area contributed by atoms with E-state index in [0.717, 1.165) is 25.1 Å². The van der Waals surface area contributed by atoms with Gasteiger partial charge in [-0.2, -0.15) is 0 Å². The van der Waals surface area contributed by atoms with E-state index in [9.17, 15) is 4.79 Å². The third-order valence-electron chi connectivity index (χ3n) is 4.67. The number of amides is 1. The van der Waals surface area contributed by atoms with Crippen LogP contribution in [0.4, 0.5) is 0 Å². The largest absolute Gasteiger partial charge is 0.351 e. The van der Waals surface area contributed by atoms with Gasteiger partial charge in [0.2, 0.25) is 5.91 Å². The second kappa shape index (κ2) is 6.97. The van der Waals surface area contributed by atoms with Crippen molar-refractivity contribution in [3.05, 3.63) is 70.8 Å². The van der Waals surface area contributed by atoms with Crippen LogP contribution in [0.5, 0.6) is 0 Å². The summed E-state index contributed by atoms with van der Waals surface area (Å²) < 4.78 is 0. The molecule has 0 radical (unpaired) electrons. The first-order valence-electron chi connectivity index (χ1n) is 8.27. The lowest BCUT2D eigenvalue weighted by Crippen LogP contribution is -2.46. The maximum absolute atomic E-state index is 12.4. The van der Waals surface area contributed by atoms with Crippen molar-refractivity contribution < 1.29 is 4.79 Å². The Morgan fingerprint density at radius 3 is 2.57 bits per heavy atom. The van der Waals surface area contributed by atoms with E-state index < -0.39 is 0 Å². The maximum Gasteiger partial charge on any atom is 0.237 e. The van der Waals surface area contributed by atoms with Crippen LogP contribution in [0.3, 0.4) is 0 Å². The van der Waals surface area contributed by atoms with E-state index in [1.165, 1.54) is 16.7 Å². The van der Waals surface area contributed by atoms with Gasteiger partial charge >= 0.3 is 0 Å². The summed E-state index contributed by atoms with van der Waals surface area (Å²) in [7, 11) is 0. The van der Waals surface area contributed by atoms with Crippen LogP contribution < -0.4 is 5.32 Å². The van der Waals surface area contributed by atoms with Gasteiger partial charge in [0.1, 0.15) is 0 Å². The number of aryl methyl sites for hydroxylation is 1. The lowest BCUT2D eigenvalue weighted by Gasteiger charge is -2.32.